The number of hydrogen-bond donors (Lipinski definition) is 2. The van der Waals surface area contributed by atoms with E-state index in [1.807, 2.05) is 54.6 Å². The number of nitrogens with two attached hydrogens (primary N) is 2. The number of anilines is 2. The van der Waals surface area contributed by atoms with Gasteiger partial charge in [0.25, 0.3) is 0 Å². The van der Waals surface area contributed by atoms with Crippen LogP contribution in [0.2, 0.25) is 0 Å². The zero-order valence-corrected chi connectivity index (χ0v) is 25.0. The van der Waals surface area contributed by atoms with Gasteiger partial charge in [-0.05, 0) is 70.1 Å². The molecular weight excluding hydrogens is 538 g/mol. The van der Waals surface area contributed by atoms with Gasteiger partial charge in [-0.15, -0.1) is 0 Å². The molecule has 6 rings (SSSR count). The second-order valence-electron chi connectivity index (χ2n) is 11.1. The van der Waals surface area contributed by atoms with Gasteiger partial charge in [-0.2, -0.15) is 0 Å². The van der Waals surface area contributed by atoms with Gasteiger partial charge in [0.1, 0.15) is 5.84 Å². The van der Waals surface area contributed by atoms with E-state index in [1.165, 1.54) is 11.1 Å². The van der Waals surface area contributed by atoms with Crippen molar-refractivity contribution < 1.29 is 0 Å². The summed E-state index contributed by atoms with van der Waals surface area (Å²) in [5.74, 6) is 1.06. The molecule has 5 aromatic rings. The highest BCUT2D eigenvalue weighted by Crippen LogP contribution is 2.31. The molecule has 0 spiro atoms. The van der Waals surface area contributed by atoms with E-state index in [4.69, 9.17) is 21.5 Å². The molecule has 0 atom stereocenters. The lowest BCUT2D eigenvalue weighted by molar-refractivity contribution is 0.925. The summed E-state index contributed by atoms with van der Waals surface area (Å²) in [6.07, 6.45) is 8.73. The summed E-state index contributed by atoms with van der Waals surface area (Å²) in [5.41, 5.74) is 21.0. The lowest BCUT2D eigenvalue weighted by Crippen LogP contribution is -2.17. The maximum absolute atomic E-state index is 6.60. The minimum atomic E-state index is 0.440. The van der Waals surface area contributed by atoms with Crippen LogP contribution in [0.25, 0.3) is 21.9 Å². The van der Waals surface area contributed by atoms with Crippen LogP contribution in [0.15, 0.2) is 149 Å². The van der Waals surface area contributed by atoms with Gasteiger partial charge in [0.15, 0.2) is 5.84 Å². The smallest absolute Gasteiger partial charge is 0.157 e. The molecule has 0 saturated carbocycles. The van der Waals surface area contributed by atoms with Crippen molar-refractivity contribution >= 4 is 33.8 Å². The van der Waals surface area contributed by atoms with E-state index >= 15 is 0 Å². The number of aliphatic imine (C=N–C) groups is 2. The van der Waals surface area contributed by atoms with Gasteiger partial charge in [0.2, 0.25) is 0 Å². The standard InChI is InChI=1S/C39H37N5/c1-44(37-19-11-10-18-36(37)40)27-29-20-22-30(23-21-29)34-24-32-16-8-9-17-33(32)25-35(34)39(42-26-28-12-4-2-5-13-28)43-38(41)31-14-6-3-7-15-31/h3-4,6-25H,2,5,26-27,40H2,1H3,(H2,41,42,43). The van der Waals surface area contributed by atoms with Crippen molar-refractivity contribution in [2.75, 3.05) is 24.2 Å². The lowest BCUT2D eigenvalue weighted by atomic mass is 9.94. The van der Waals surface area contributed by atoms with Crippen molar-refractivity contribution in [2.45, 2.75) is 19.4 Å². The van der Waals surface area contributed by atoms with Crippen LogP contribution in [-0.2, 0) is 6.54 Å². The molecule has 0 aromatic heterocycles. The Kier molecular flexibility index (Phi) is 8.65. The summed E-state index contributed by atoms with van der Waals surface area (Å²) >= 11 is 0. The number of hydrogen-bond acceptors (Lipinski definition) is 3. The SMILES string of the molecule is CN(Cc1ccc(-c2cc3ccccc3cc2C(/N=C(\N)c2ccccc2)=N/CC2=CCCC=C2)cc1)c1ccccc1N. The summed E-state index contributed by atoms with van der Waals surface area (Å²) in [6, 6.07) is 39.4. The third-order valence-corrected chi connectivity index (χ3v) is 7.94. The summed E-state index contributed by atoms with van der Waals surface area (Å²) < 4.78 is 0. The molecule has 1 aliphatic rings. The number of nitrogen functional groups attached to an aromatic ring is 1. The Morgan fingerprint density at radius 3 is 2.23 bits per heavy atom. The maximum atomic E-state index is 6.60. The average molecular weight is 576 g/mol. The van der Waals surface area contributed by atoms with Crippen LogP contribution >= 0.6 is 0 Å². The lowest BCUT2D eigenvalue weighted by Gasteiger charge is -2.21. The van der Waals surface area contributed by atoms with E-state index in [-0.39, 0.29) is 0 Å². The molecule has 4 N–H and O–H groups in total. The van der Waals surface area contributed by atoms with Crippen LogP contribution in [0.1, 0.15) is 29.5 Å². The molecular formula is C39H37N5. The molecule has 0 fully saturated rings. The van der Waals surface area contributed by atoms with E-state index < -0.39 is 0 Å². The normalized spacial score (nSPS) is 13.6. The van der Waals surface area contributed by atoms with Crippen LogP contribution in [0.5, 0.6) is 0 Å². The zero-order valence-electron chi connectivity index (χ0n) is 25.0. The quantitative estimate of drug-likeness (QED) is 0.111. The number of benzene rings is 5. The summed E-state index contributed by atoms with van der Waals surface area (Å²) in [4.78, 5) is 12.2. The van der Waals surface area contributed by atoms with Crippen LogP contribution in [0, 0.1) is 0 Å². The predicted octanol–water partition coefficient (Wildman–Crippen LogP) is 8.15. The van der Waals surface area contributed by atoms with Gasteiger partial charge < -0.3 is 16.4 Å². The van der Waals surface area contributed by atoms with Crippen molar-refractivity contribution in [3.8, 4) is 11.1 Å². The molecule has 0 bridgehead atoms. The monoisotopic (exact) mass is 575 g/mol. The van der Waals surface area contributed by atoms with Gasteiger partial charge >= 0.3 is 0 Å². The first kappa shape index (κ1) is 28.7. The molecule has 5 aromatic carbocycles. The van der Waals surface area contributed by atoms with Crippen LogP contribution in [-0.4, -0.2) is 25.3 Å². The Morgan fingerprint density at radius 2 is 1.50 bits per heavy atom. The van der Waals surface area contributed by atoms with Crippen molar-refractivity contribution in [1.29, 1.82) is 0 Å². The highest BCUT2D eigenvalue weighted by atomic mass is 15.1. The van der Waals surface area contributed by atoms with Gasteiger partial charge in [-0.1, -0.05) is 109 Å². The molecule has 0 amide bonds. The Morgan fingerprint density at radius 1 is 0.795 bits per heavy atom. The number of allylic oxidation sites excluding steroid dienone is 2. The molecule has 5 heteroatoms. The van der Waals surface area contributed by atoms with Gasteiger partial charge in [-0.3, -0.25) is 4.99 Å². The molecule has 0 unspecified atom stereocenters. The molecule has 44 heavy (non-hydrogen) atoms. The van der Waals surface area contributed by atoms with Crippen LogP contribution in [0.4, 0.5) is 11.4 Å². The second-order valence-corrected chi connectivity index (χ2v) is 11.1. The number of rotatable bonds is 8. The van der Waals surface area contributed by atoms with Crippen molar-refractivity contribution in [2.24, 2.45) is 15.7 Å². The Balaban J connectivity index is 1.42. The van der Waals surface area contributed by atoms with Crippen LogP contribution < -0.4 is 16.4 Å². The van der Waals surface area contributed by atoms with Crippen molar-refractivity contribution in [3.05, 3.63) is 156 Å². The number of para-hydroxylation sites is 2. The minimum absolute atomic E-state index is 0.440. The maximum Gasteiger partial charge on any atom is 0.157 e. The number of fused-ring (bicyclic) bond motifs is 1. The highest BCUT2D eigenvalue weighted by Gasteiger charge is 2.15. The fraction of sp³-hybridized carbons (Fsp3) is 0.128. The molecule has 0 saturated heterocycles. The third-order valence-electron chi connectivity index (χ3n) is 7.94. The van der Waals surface area contributed by atoms with Gasteiger partial charge in [-0.25, -0.2) is 4.99 Å². The molecule has 5 nitrogen and oxygen atoms in total. The number of amidine groups is 2. The summed E-state index contributed by atoms with van der Waals surface area (Å²) in [6.45, 7) is 1.28. The Bertz CT molecular complexity index is 1880. The first-order valence-corrected chi connectivity index (χ1v) is 15.0. The van der Waals surface area contributed by atoms with E-state index in [2.05, 4.69) is 90.8 Å². The molecule has 218 valence electrons. The van der Waals surface area contributed by atoms with Crippen molar-refractivity contribution in [1.82, 2.24) is 0 Å². The van der Waals surface area contributed by atoms with Crippen molar-refractivity contribution in [3.63, 3.8) is 0 Å². The molecule has 1 aliphatic carbocycles. The zero-order chi connectivity index (χ0) is 30.3. The van der Waals surface area contributed by atoms with E-state index in [1.54, 1.807) is 0 Å². The topological polar surface area (TPSA) is 80.0 Å². The minimum Gasteiger partial charge on any atom is -0.397 e. The highest BCUT2D eigenvalue weighted by molar-refractivity contribution is 6.15. The number of nitrogens with zero attached hydrogens (tertiary/aromatic N) is 3. The summed E-state index contributed by atoms with van der Waals surface area (Å²) in [7, 11) is 2.07. The fourth-order valence-corrected chi connectivity index (χ4v) is 5.57. The van der Waals surface area contributed by atoms with E-state index in [9.17, 15) is 0 Å². The van der Waals surface area contributed by atoms with Gasteiger partial charge in [0.05, 0.1) is 17.9 Å². The molecule has 0 radical (unpaired) electrons. The fourth-order valence-electron chi connectivity index (χ4n) is 5.57. The molecule has 0 aliphatic heterocycles. The largest absolute Gasteiger partial charge is 0.397 e. The Labute approximate surface area is 259 Å². The second kappa shape index (κ2) is 13.3. The first-order valence-electron chi connectivity index (χ1n) is 15.0. The first-order chi connectivity index (χ1) is 21.5. The summed E-state index contributed by atoms with van der Waals surface area (Å²) in [5, 5.41) is 2.29. The van der Waals surface area contributed by atoms with Crippen LogP contribution in [0.3, 0.4) is 0 Å². The van der Waals surface area contributed by atoms with E-state index in [0.717, 1.165) is 63.8 Å². The average Bonchev–Trinajstić information content (AvgIpc) is 3.07. The van der Waals surface area contributed by atoms with E-state index in [0.29, 0.717) is 18.2 Å². The third kappa shape index (κ3) is 6.63. The van der Waals surface area contributed by atoms with Gasteiger partial charge in [0, 0.05) is 24.7 Å². The Hall–Kier alpha value is -5.42. The predicted molar refractivity (Wildman–Crippen MR) is 187 cm³/mol. The molecule has 0 heterocycles.